The molecule has 0 bridgehead atoms. The van der Waals surface area contributed by atoms with Gasteiger partial charge in [-0.2, -0.15) is 0 Å². The third-order valence-electron chi connectivity index (χ3n) is 3.15. The van der Waals surface area contributed by atoms with E-state index in [4.69, 9.17) is 4.74 Å². The number of ether oxygens (including phenoxy) is 1. The largest absolute Gasteiger partial charge is 0.385 e. The zero-order valence-corrected chi connectivity index (χ0v) is 12.2. The fourth-order valence-electron chi connectivity index (χ4n) is 2.14. The summed E-state index contributed by atoms with van der Waals surface area (Å²) in [5.74, 6) is 0.647. The first-order chi connectivity index (χ1) is 8.61. The van der Waals surface area contributed by atoms with E-state index in [0.29, 0.717) is 12.0 Å². The van der Waals surface area contributed by atoms with E-state index in [1.165, 1.54) is 11.1 Å². The van der Waals surface area contributed by atoms with Gasteiger partial charge in [0, 0.05) is 19.8 Å². The van der Waals surface area contributed by atoms with Gasteiger partial charge in [-0.3, -0.25) is 0 Å². The van der Waals surface area contributed by atoms with Crippen molar-refractivity contribution in [3.05, 3.63) is 35.4 Å². The van der Waals surface area contributed by atoms with Crippen LogP contribution in [0.3, 0.4) is 0 Å². The number of aryl methyl sites for hydroxylation is 1. The van der Waals surface area contributed by atoms with Crippen molar-refractivity contribution >= 4 is 0 Å². The summed E-state index contributed by atoms with van der Waals surface area (Å²) in [6.45, 7) is 8.45. The standard InChI is InChI=1S/C16H27NO/c1-13(2)17-12-16(8-9-18-4)11-15-7-5-6-14(3)10-15/h5-7,10,13,16-17H,8-9,11-12H2,1-4H3. The molecule has 0 aliphatic carbocycles. The van der Waals surface area contributed by atoms with E-state index >= 15 is 0 Å². The lowest BCUT2D eigenvalue weighted by Crippen LogP contribution is -2.30. The van der Waals surface area contributed by atoms with Crippen molar-refractivity contribution in [1.82, 2.24) is 5.32 Å². The number of methoxy groups -OCH3 is 1. The maximum absolute atomic E-state index is 5.21. The van der Waals surface area contributed by atoms with Gasteiger partial charge in [0.25, 0.3) is 0 Å². The average Bonchev–Trinajstić information content (AvgIpc) is 2.32. The molecular formula is C16H27NO. The van der Waals surface area contributed by atoms with Crippen LogP contribution in [-0.4, -0.2) is 26.3 Å². The third-order valence-corrected chi connectivity index (χ3v) is 3.15. The molecule has 1 rings (SSSR count). The van der Waals surface area contributed by atoms with Gasteiger partial charge in [0.1, 0.15) is 0 Å². The van der Waals surface area contributed by atoms with Gasteiger partial charge in [0.2, 0.25) is 0 Å². The molecule has 0 aliphatic heterocycles. The molecule has 0 saturated carbocycles. The molecular weight excluding hydrogens is 222 g/mol. The topological polar surface area (TPSA) is 21.3 Å². The molecule has 102 valence electrons. The lowest BCUT2D eigenvalue weighted by Gasteiger charge is -2.19. The van der Waals surface area contributed by atoms with Gasteiger partial charge in [0.05, 0.1) is 0 Å². The molecule has 1 N–H and O–H groups in total. The molecule has 1 unspecified atom stereocenters. The van der Waals surface area contributed by atoms with Crippen LogP contribution in [0.25, 0.3) is 0 Å². The second-order valence-electron chi connectivity index (χ2n) is 5.40. The van der Waals surface area contributed by atoms with Crippen LogP contribution < -0.4 is 5.32 Å². The third kappa shape index (κ3) is 6.18. The van der Waals surface area contributed by atoms with Crippen LogP contribution >= 0.6 is 0 Å². The molecule has 0 saturated heterocycles. The van der Waals surface area contributed by atoms with E-state index in [1.807, 2.05) is 0 Å². The molecule has 2 nitrogen and oxygen atoms in total. The minimum absolute atomic E-state index is 0.549. The maximum Gasteiger partial charge on any atom is 0.0465 e. The number of hydrogen-bond donors (Lipinski definition) is 1. The molecule has 18 heavy (non-hydrogen) atoms. The maximum atomic E-state index is 5.21. The molecule has 0 radical (unpaired) electrons. The summed E-state index contributed by atoms with van der Waals surface area (Å²) in [5.41, 5.74) is 2.77. The van der Waals surface area contributed by atoms with E-state index in [2.05, 4.69) is 50.4 Å². The van der Waals surface area contributed by atoms with Crippen LogP contribution in [0.5, 0.6) is 0 Å². The van der Waals surface area contributed by atoms with Crippen LogP contribution in [0.4, 0.5) is 0 Å². The lowest BCUT2D eigenvalue weighted by molar-refractivity contribution is 0.175. The second-order valence-corrected chi connectivity index (χ2v) is 5.40. The van der Waals surface area contributed by atoms with E-state index in [9.17, 15) is 0 Å². The van der Waals surface area contributed by atoms with E-state index in [1.54, 1.807) is 7.11 Å². The highest BCUT2D eigenvalue weighted by atomic mass is 16.5. The number of rotatable bonds is 8. The minimum Gasteiger partial charge on any atom is -0.385 e. The average molecular weight is 249 g/mol. The minimum atomic E-state index is 0.549. The fourth-order valence-corrected chi connectivity index (χ4v) is 2.14. The highest BCUT2D eigenvalue weighted by Crippen LogP contribution is 2.13. The number of hydrogen-bond acceptors (Lipinski definition) is 2. The Morgan fingerprint density at radius 3 is 2.67 bits per heavy atom. The summed E-state index contributed by atoms with van der Waals surface area (Å²) in [6, 6.07) is 9.36. The summed E-state index contributed by atoms with van der Waals surface area (Å²) in [7, 11) is 1.78. The van der Waals surface area contributed by atoms with Gasteiger partial charge in [0.15, 0.2) is 0 Å². The van der Waals surface area contributed by atoms with Gasteiger partial charge in [-0.1, -0.05) is 43.7 Å². The summed E-state index contributed by atoms with van der Waals surface area (Å²) in [5, 5.41) is 3.53. The Labute approximate surface area is 112 Å². The molecule has 1 atom stereocenters. The zero-order valence-electron chi connectivity index (χ0n) is 12.2. The van der Waals surface area contributed by atoms with E-state index < -0.39 is 0 Å². The number of nitrogens with one attached hydrogen (secondary N) is 1. The summed E-state index contributed by atoms with van der Waals surface area (Å²) in [4.78, 5) is 0. The predicted molar refractivity (Wildman–Crippen MR) is 78.0 cm³/mol. The van der Waals surface area contributed by atoms with Crippen molar-refractivity contribution in [3.63, 3.8) is 0 Å². The Morgan fingerprint density at radius 2 is 2.06 bits per heavy atom. The Balaban J connectivity index is 2.53. The lowest BCUT2D eigenvalue weighted by atomic mass is 9.95. The Bertz CT molecular complexity index is 336. The first kappa shape index (κ1) is 15.2. The van der Waals surface area contributed by atoms with Crippen LogP contribution in [0.1, 0.15) is 31.4 Å². The first-order valence-corrected chi connectivity index (χ1v) is 6.89. The van der Waals surface area contributed by atoms with Gasteiger partial charge >= 0.3 is 0 Å². The molecule has 0 aliphatic rings. The SMILES string of the molecule is COCCC(CNC(C)C)Cc1cccc(C)c1. The van der Waals surface area contributed by atoms with Gasteiger partial charge in [-0.05, 0) is 37.8 Å². The normalized spacial score (nSPS) is 12.9. The van der Waals surface area contributed by atoms with Crippen LogP contribution in [0.2, 0.25) is 0 Å². The first-order valence-electron chi connectivity index (χ1n) is 6.89. The van der Waals surface area contributed by atoms with Crippen molar-refractivity contribution < 1.29 is 4.74 Å². The quantitative estimate of drug-likeness (QED) is 0.764. The molecule has 0 fully saturated rings. The fraction of sp³-hybridized carbons (Fsp3) is 0.625. The number of benzene rings is 1. The molecule has 1 aromatic carbocycles. The Hall–Kier alpha value is -0.860. The smallest absolute Gasteiger partial charge is 0.0465 e. The van der Waals surface area contributed by atoms with Crippen LogP contribution in [0.15, 0.2) is 24.3 Å². The molecule has 2 heteroatoms. The molecule has 0 spiro atoms. The van der Waals surface area contributed by atoms with Crippen molar-refractivity contribution in [2.75, 3.05) is 20.3 Å². The predicted octanol–water partition coefficient (Wildman–Crippen LogP) is 3.19. The van der Waals surface area contributed by atoms with Crippen LogP contribution in [0, 0.1) is 12.8 Å². The van der Waals surface area contributed by atoms with Gasteiger partial charge in [-0.15, -0.1) is 0 Å². The Kier molecular flexibility index (Phi) is 6.99. The Morgan fingerprint density at radius 1 is 1.28 bits per heavy atom. The van der Waals surface area contributed by atoms with Crippen molar-refractivity contribution in [2.45, 2.75) is 39.7 Å². The monoisotopic (exact) mass is 249 g/mol. The highest BCUT2D eigenvalue weighted by molar-refractivity contribution is 5.22. The van der Waals surface area contributed by atoms with Gasteiger partial charge < -0.3 is 10.1 Å². The zero-order chi connectivity index (χ0) is 13.4. The van der Waals surface area contributed by atoms with E-state index in [-0.39, 0.29) is 0 Å². The molecule has 0 aromatic heterocycles. The summed E-state index contributed by atoms with van der Waals surface area (Å²) in [6.07, 6.45) is 2.24. The van der Waals surface area contributed by atoms with Crippen molar-refractivity contribution in [3.8, 4) is 0 Å². The van der Waals surface area contributed by atoms with Crippen molar-refractivity contribution in [1.29, 1.82) is 0 Å². The second kappa shape index (κ2) is 8.28. The summed E-state index contributed by atoms with van der Waals surface area (Å²) >= 11 is 0. The summed E-state index contributed by atoms with van der Waals surface area (Å²) < 4.78 is 5.21. The molecule has 1 aromatic rings. The highest BCUT2D eigenvalue weighted by Gasteiger charge is 2.10. The van der Waals surface area contributed by atoms with Crippen molar-refractivity contribution in [2.24, 2.45) is 5.92 Å². The molecule has 0 heterocycles. The van der Waals surface area contributed by atoms with E-state index in [0.717, 1.165) is 26.0 Å². The van der Waals surface area contributed by atoms with Crippen LogP contribution in [-0.2, 0) is 11.2 Å². The van der Waals surface area contributed by atoms with Gasteiger partial charge in [-0.25, -0.2) is 0 Å². The molecule has 0 amide bonds.